The van der Waals surface area contributed by atoms with Crippen LogP contribution in [-0.2, 0) is 17.9 Å². The van der Waals surface area contributed by atoms with Crippen molar-refractivity contribution in [2.75, 3.05) is 5.32 Å². The zero-order chi connectivity index (χ0) is 17.1. The van der Waals surface area contributed by atoms with Crippen molar-refractivity contribution in [3.8, 4) is 0 Å². The molecule has 0 radical (unpaired) electrons. The van der Waals surface area contributed by atoms with Crippen LogP contribution in [0.4, 0.5) is 5.82 Å². The molecule has 0 spiro atoms. The van der Waals surface area contributed by atoms with Crippen molar-refractivity contribution in [3.05, 3.63) is 64.0 Å². The summed E-state index contributed by atoms with van der Waals surface area (Å²) < 4.78 is 3.28. The maximum absolute atomic E-state index is 12.0. The van der Waals surface area contributed by atoms with Gasteiger partial charge in [0.25, 0.3) is 0 Å². The summed E-state index contributed by atoms with van der Waals surface area (Å²) in [6.45, 7) is 2.51. The van der Waals surface area contributed by atoms with Crippen LogP contribution < -0.4 is 5.32 Å². The molecule has 1 N–H and O–H groups in total. The maximum Gasteiger partial charge on any atom is 0.247 e. The summed E-state index contributed by atoms with van der Waals surface area (Å²) in [4.78, 5) is 12.0. The summed E-state index contributed by atoms with van der Waals surface area (Å²) in [7, 11) is 0. The normalized spacial score (nSPS) is 10.8. The first kappa shape index (κ1) is 16.5. The molecule has 0 atom stereocenters. The largest absolute Gasteiger partial charge is 0.308 e. The lowest BCUT2D eigenvalue weighted by Crippen LogP contribution is -2.19. The number of anilines is 1. The Morgan fingerprint density at radius 1 is 1.12 bits per heavy atom. The summed E-state index contributed by atoms with van der Waals surface area (Å²) in [5, 5.41) is 12.4. The van der Waals surface area contributed by atoms with Gasteiger partial charge in [-0.05, 0) is 30.7 Å². The van der Waals surface area contributed by atoms with Crippen molar-refractivity contribution in [3.63, 3.8) is 0 Å². The van der Waals surface area contributed by atoms with E-state index in [9.17, 15) is 4.79 Å². The summed E-state index contributed by atoms with van der Waals surface area (Å²) in [5.41, 5.74) is 1.76. The number of hydrogen-bond acceptors (Lipinski definition) is 3. The maximum atomic E-state index is 12.0. The molecule has 0 fully saturated rings. The second-order valence-electron chi connectivity index (χ2n) is 5.34. The molecule has 1 aromatic carbocycles. The van der Waals surface area contributed by atoms with Gasteiger partial charge >= 0.3 is 0 Å². The minimum atomic E-state index is -0.187. The van der Waals surface area contributed by atoms with Crippen LogP contribution in [0.5, 0.6) is 0 Å². The van der Waals surface area contributed by atoms with Crippen LogP contribution >= 0.6 is 23.2 Å². The van der Waals surface area contributed by atoms with Crippen LogP contribution in [0.3, 0.4) is 0 Å². The third-order valence-electron chi connectivity index (χ3n) is 3.34. The molecular formula is C16H15Cl2N5O. The summed E-state index contributed by atoms with van der Waals surface area (Å²) in [6, 6.07) is 8.90. The molecule has 0 unspecified atom stereocenters. The predicted molar refractivity (Wildman–Crippen MR) is 93.4 cm³/mol. The van der Waals surface area contributed by atoms with Crippen LogP contribution in [-0.4, -0.2) is 25.5 Å². The predicted octanol–water partition coefficient (Wildman–Crippen LogP) is 3.38. The lowest BCUT2D eigenvalue weighted by molar-refractivity contribution is -0.116. The Bertz CT molecular complexity index is 871. The zero-order valence-electron chi connectivity index (χ0n) is 12.9. The summed E-state index contributed by atoms with van der Waals surface area (Å²) >= 11 is 12.0. The van der Waals surface area contributed by atoms with Crippen molar-refractivity contribution < 1.29 is 4.79 Å². The highest BCUT2D eigenvalue weighted by Crippen LogP contribution is 2.21. The Kier molecular flexibility index (Phi) is 4.87. The van der Waals surface area contributed by atoms with Gasteiger partial charge in [-0.1, -0.05) is 29.3 Å². The van der Waals surface area contributed by atoms with E-state index in [1.54, 1.807) is 40.0 Å². The average Bonchev–Trinajstić information content (AvgIpc) is 3.11. The molecule has 124 valence electrons. The molecule has 2 aromatic heterocycles. The fraction of sp³-hybridized carbons (Fsp3) is 0.188. The number of rotatable bonds is 5. The molecule has 24 heavy (non-hydrogen) atoms. The first-order valence-corrected chi connectivity index (χ1v) is 8.02. The lowest BCUT2D eigenvalue weighted by atomic mass is 10.2. The Morgan fingerprint density at radius 2 is 1.92 bits per heavy atom. The third-order valence-corrected chi connectivity index (χ3v) is 3.92. The van der Waals surface area contributed by atoms with Gasteiger partial charge in [0.1, 0.15) is 6.54 Å². The van der Waals surface area contributed by atoms with Crippen molar-refractivity contribution >= 4 is 34.9 Å². The molecular weight excluding hydrogens is 349 g/mol. The highest BCUT2D eigenvalue weighted by molar-refractivity contribution is 6.35. The molecule has 0 bridgehead atoms. The van der Waals surface area contributed by atoms with E-state index in [0.29, 0.717) is 22.4 Å². The van der Waals surface area contributed by atoms with Crippen LogP contribution in [0.1, 0.15) is 11.3 Å². The van der Waals surface area contributed by atoms with Gasteiger partial charge in [-0.3, -0.25) is 14.2 Å². The van der Waals surface area contributed by atoms with Gasteiger partial charge in [0.15, 0.2) is 5.82 Å². The van der Waals surface area contributed by atoms with Gasteiger partial charge in [-0.2, -0.15) is 10.2 Å². The minimum Gasteiger partial charge on any atom is -0.308 e. The Morgan fingerprint density at radius 3 is 2.62 bits per heavy atom. The molecule has 2 heterocycles. The highest BCUT2D eigenvalue weighted by Gasteiger charge is 2.08. The van der Waals surface area contributed by atoms with E-state index < -0.39 is 0 Å². The van der Waals surface area contributed by atoms with E-state index in [-0.39, 0.29) is 12.5 Å². The topological polar surface area (TPSA) is 64.7 Å². The number of carbonyl (C=O) groups is 1. The number of benzene rings is 1. The molecule has 8 heteroatoms. The van der Waals surface area contributed by atoms with Gasteiger partial charge in [0, 0.05) is 28.5 Å². The molecule has 6 nitrogen and oxygen atoms in total. The molecule has 3 aromatic rings. The van der Waals surface area contributed by atoms with Crippen LogP contribution in [0.25, 0.3) is 0 Å². The van der Waals surface area contributed by atoms with Gasteiger partial charge in [0.05, 0.1) is 12.2 Å². The standard InChI is InChI=1S/C16H15Cl2N5O/c1-11-4-6-23(20-11)10-16(24)19-15-5-7-22(21-15)9-12-2-3-13(17)8-14(12)18/h2-8H,9-10H2,1H3,(H,19,21,24). The van der Waals surface area contributed by atoms with Gasteiger partial charge < -0.3 is 5.32 Å². The number of halogens is 2. The second-order valence-corrected chi connectivity index (χ2v) is 6.18. The number of aromatic nitrogens is 4. The van der Waals surface area contributed by atoms with E-state index in [1.165, 1.54) is 0 Å². The van der Waals surface area contributed by atoms with Crippen LogP contribution in [0, 0.1) is 6.92 Å². The van der Waals surface area contributed by atoms with E-state index in [4.69, 9.17) is 23.2 Å². The van der Waals surface area contributed by atoms with E-state index in [1.807, 2.05) is 19.1 Å². The van der Waals surface area contributed by atoms with Crippen LogP contribution in [0.15, 0.2) is 42.7 Å². The Labute approximate surface area is 149 Å². The molecule has 0 saturated carbocycles. The first-order valence-electron chi connectivity index (χ1n) is 7.27. The number of nitrogens with zero attached hydrogens (tertiary/aromatic N) is 4. The monoisotopic (exact) mass is 363 g/mol. The Hall–Kier alpha value is -2.31. The number of hydrogen-bond donors (Lipinski definition) is 1. The average molecular weight is 364 g/mol. The first-order chi connectivity index (χ1) is 11.5. The highest BCUT2D eigenvalue weighted by atomic mass is 35.5. The van der Waals surface area contributed by atoms with Crippen LogP contribution in [0.2, 0.25) is 10.0 Å². The second kappa shape index (κ2) is 7.07. The van der Waals surface area contributed by atoms with Crippen molar-refractivity contribution in [1.29, 1.82) is 0 Å². The molecule has 0 aliphatic carbocycles. The lowest BCUT2D eigenvalue weighted by Gasteiger charge is -2.05. The van der Waals surface area contributed by atoms with Gasteiger partial charge in [-0.15, -0.1) is 0 Å². The fourth-order valence-corrected chi connectivity index (χ4v) is 2.69. The van der Waals surface area contributed by atoms with Gasteiger partial charge in [0.2, 0.25) is 5.91 Å². The van der Waals surface area contributed by atoms with Crippen molar-refractivity contribution in [2.24, 2.45) is 0 Å². The molecule has 0 aliphatic rings. The number of amides is 1. The Balaban J connectivity index is 1.61. The fourth-order valence-electron chi connectivity index (χ4n) is 2.22. The molecule has 3 rings (SSSR count). The zero-order valence-corrected chi connectivity index (χ0v) is 14.4. The number of nitrogens with one attached hydrogen (secondary N) is 1. The number of aryl methyl sites for hydroxylation is 1. The summed E-state index contributed by atoms with van der Waals surface area (Å²) in [6.07, 6.45) is 3.54. The van der Waals surface area contributed by atoms with Crippen molar-refractivity contribution in [1.82, 2.24) is 19.6 Å². The van der Waals surface area contributed by atoms with Crippen molar-refractivity contribution in [2.45, 2.75) is 20.0 Å². The van der Waals surface area contributed by atoms with E-state index >= 15 is 0 Å². The van der Waals surface area contributed by atoms with E-state index in [0.717, 1.165) is 11.3 Å². The summed E-state index contributed by atoms with van der Waals surface area (Å²) in [5.74, 6) is 0.293. The SMILES string of the molecule is Cc1ccn(CC(=O)Nc2ccn(Cc3ccc(Cl)cc3Cl)n2)n1. The number of carbonyl (C=O) groups excluding carboxylic acids is 1. The molecule has 0 aliphatic heterocycles. The van der Waals surface area contributed by atoms with Gasteiger partial charge in [-0.25, -0.2) is 0 Å². The molecule has 0 saturated heterocycles. The third kappa shape index (κ3) is 4.15. The smallest absolute Gasteiger partial charge is 0.247 e. The minimum absolute atomic E-state index is 0.143. The molecule has 1 amide bonds. The van der Waals surface area contributed by atoms with E-state index in [2.05, 4.69) is 15.5 Å². The quantitative estimate of drug-likeness (QED) is 0.755.